The summed E-state index contributed by atoms with van der Waals surface area (Å²) in [5, 5.41) is 0. The number of hydrogen-bond acceptors (Lipinski definition) is 3. The average molecular weight is 700 g/mol. The van der Waals surface area contributed by atoms with E-state index in [0.717, 1.165) is 39.5 Å². The van der Waals surface area contributed by atoms with E-state index in [0.29, 0.717) is 0 Å². The van der Waals surface area contributed by atoms with Gasteiger partial charge in [0.2, 0.25) is 0 Å². The van der Waals surface area contributed by atoms with Gasteiger partial charge in [-0.15, -0.1) is 0 Å². The standard InChI is InChI=1S/C52H33N3/c1-2-17-39(36-26-27-43-42-20-5-8-23-46(42)52(47(43)31-36)44-21-6-3-18-40(44)41-19-4-7-22-45(41)52)38(16-1)35-15-13-14-34(30-35)37-32-50(48-24-9-11-28-53-48)55-51(33-37)49-25-10-12-29-54-49/h1-33H. The molecule has 6 aromatic carbocycles. The van der Waals surface area contributed by atoms with Gasteiger partial charge in [0.25, 0.3) is 0 Å². The molecule has 0 bridgehead atoms. The van der Waals surface area contributed by atoms with E-state index in [1.165, 1.54) is 61.2 Å². The van der Waals surface area contributed by atoms with Gasteiger partial charge in [0.15, 0.2) is 0 Å². The molecule has 0 fully saturated rings. The highest BCUT2D eigenvalue weighted by atomic mass is 14.8. The van der Waals surface area contributed by atoms with E-state index in [-0.39, 0.29) is 5.41 Å². The smallest absolute Gasteiger partial charge is 0.0900 e. The van der Waals surface area contributed by atoms with Crippen LogP contribution < -0.4 is 0 Å². The van der Waals surface area contributed by atoms with Crippen LogP contribution in [0, 0.1) is 0 Å². The van der Waals surface area contributed by atoms with Gasteiger partial charge in [0, 0.05) is 12.4 Å². The van der Waals surface area contributed by atoms with Crippen molar-refractivity contribution in [2.75, 3.05) is 0 Å². The van der Waals surface area contributed by atoms with E-state index in [4.69, 9.17) is 4.98 Å². The first-order valence-electron chi connectivity index (χ1n) is 18.8. The third-order valence-electron chi connectivity index (χ3n) is 11.4. The molecule has 1 spiro atoms. The molecule has 3 heterocycles. The van der Waals surface area contributed by atoms with Crippen LogP contribution in [0.25, 0.3) is 78.4 Å². The molecule has 3 nitrogen and oxygen atoms in total. The van der Waals surface area contributed by atoms with E-state index < -0.39 is 0 Å². The number of aromatic nitrogens is 3. The molecule has 0 N–H and O–H groups in total. The molecule has 0 amide bonds. The Balaban J connectivity index is 1.07. The van der Waals surface area contributed by atoms with Crippen molar-refractivity contribution in [1.82, 2.24) is 15.0 Å². The van der Waals surface area contributed by atoms with Gasteiger partial charge < -0.3 is 0 Å². The van der Waals surface area contributed by atoms with Crippen molar-refractivity contribution in [3.8, 4) is 78.4 Å². The molecule has 0 saturated carbocycles. The third kappa shape index (κ3) is 4.80. The fraction of sp³-hybridized carbons (Fsp3) is 0.0192. The molecular formula is C52H33N3. The molecule has 2 aliphatic rings. The van der Waals surface area contributed by atoms with Gasteiger partial charge >= 0.3 is 0 Å². The van der Waals surface area contributed by atoms with Gasteiger partial charge in [-0.25, -0.2) is 4.98 Å². The van der Waals surface area contributed by atoms with Crippen molar-refractivity contribution in [1.29, 1.82) is 0 Å². The number of hydrogen-bond donors (Lipinski definition) is 0. The lowest BCUT2D eigenvalue weighted by atomic mass is 9.70. The Kier molecular flexibility index (Phi) is 7.08. The first kappa shape index (κ1) is 31.3. The van der Waals surface area contributed by atoms with Crippen LogP contribution in [0.1, 0.15) is 22.3 Å². The van der Waals surface area contributed by atoms with E-state index in [2.05, 4.69) is 162 Å². The molecule has 11 rings (SSSR count). The first-order chi connectivity index (χ1) is 27.3. The number of pyridine rings is 3. The largest absolute Gasteiger partial charge is 0.255 e. The lowest BCUT2D eigenvalue weighted by Crippen LogP contribution is -2.25. The summed E-state index contributed by atoms with van der Waals surface area (Å²) < 4.78 is 0. The van der Waals surface area contributed by atoms with E-state index >= 15 is 0 Å². The van der Waals surface area contributed by atoms with Crippen molar-refractivity contribution in [2.45, 2.75) is 5.41 Å². The van der Waals surface area contributed by atoms with Gasteiger partial charge in [0.1, 0.15) is 0 Å². The van der Waals surface area contributed by atoms with E-state index in [9.17, 15) is 0 Å². The number of nitrogens with zero attached hydrogens (tertiary/aromatic N) is 3. The molecular weight excluding hydrogens is 667 g/mol. The minimum atomic E-state index is -0.387. The Morgan fingerprint density at radius 3 is 1.25 bits per heavy atom. The highest BCUT2D eigenvalue weighted by Crippen LogP contribution is 2.63. The summed E-state index contributed by atoms with van der Waals surface area (Å²) in [6, 6.07) is 67.9. The summed E-state index contributed by atoms with van der Waals surface area (Å²) in [5.41, 5.74) is 20.4. The zero-order valence-corrected chi connectivity index (χ0v) is 29.9. The number of rotatable bonds is 5. The lowest BCUT2D eigenvalue weighted by molar-refractivity contribution is 0.794. The lowest BCUT2D eigenvalue weighted by Gasteiger charge is -2.30. The Morgan fingerprint density at radius 1 is 0.273 bits per heavy atom. The summed E-state index contributed by atoms with van der Waals surface area (Å²) in [6.07, 6.45) is 3.62. The monoisotopic (exact) mass is 699 g/mol. The zero-order valence-electron chi connectivity index (χ0n) is 29.9. The second-order valence-corrected chi connectivity index (χ2v) is 14.3. The Labute approximate surface area is 320 Å². The van der Waals surface area contributed by atoms with Crippen LogP contribution in [0.15, 0.2) is 200 Å². The molecule has 256 valence electrons. The zero-order chi connectivity index (χ0) is 36.3. The van der Waals surface area contributed by atoms with Crippen LogP contribution in [-0.2, 0) is 5.41 Å². The molecule has 2 aliphatic carbocycles. The SMILES string of the molecule is c1ccc(-c2cc(-c3cccc(-c4ccccc4-c4ccc5c(c4)C4(c6ccccc6-c6ccccc64)c4ccccc4-5)c3)cc(-c3ccccn3)n2)nc1. The van der Waals surface area contributed by atoms with Crippen LogP contribution in [-0.4, -0.2) is 15.0 Å². The van der Waals surface area contributed by atoms with Crippen molar-refractivity contribution in [2.24, 2.45) is 0 Å². The van der Waals surface area contributed by atoms with Gasteiger partial charge in [-0.1, -0.05) is 140 Å². The maximum Gasteiger partial charge on any atom is 0.0900 e. The third-order valence-corrected chi connectivity index (χ3v) is 11.4. The fourth-order valence-corrected chi connectivity index (χ4v) is 9.10. The Bertz CT molecular complexity index is 2810. The predicted octanol–water partition coefficient (Wildman–Crippen LogP) is 12.6. The average Bonchev–Trinajstić information content (AvgIpc) is 3.74. The van der Waals surface area contributed by atoms with Gasteiger partial charge in [-0.3, -0.25) is 9.97 Å². The summed E-state index contributed by atoms with van der Waals surface area (Å²) in [4.78, 5) is 14.3. The fourth-order valence-electron chi connectivity index (χ4n) is 9.10. The molecule has 0 aliphatic heterocycles. The van der Waals surface area contributed by atoms with Crippen LogP contribution in [0.3, 0.4) is 0 Å². The van der Waals surface area contributed by atoms with Crippen LogP contribution >= 0.6 is 0 Å². The quantitative estimate of drug-likeness (QED) is 0.179. The second kappa shape index (κ2) is 12.4. The Hall–Kier alpha value is -7.23. The summed E-state index contributed by atoms with van der Waals surface area (Å²) in [6.45, 7) is 0. The molecule has 0 radical (unpaired) electrons. The van der Waals surface area contributed by atoms with Crippen molar-refractivity contribution in [3.05, 3.63) is 223 Å². The normalized spacial score (nSPS) is 12.9. The van der Waals surface area contributed by atoms with Gasteiger partial charge in [-0.2, -0.15) is 0 Å². The van der Waals surface area contributed by atoms with E-state index in [1.54, 1.807) is 0 Å². The molecule has 0 atom stereocenters. The highest BCUT2D eigenvalue weighted by Gasteiger charge is 2.51. The minimum absolute atomic E-state index is 0.387. The summed E-state index contributed by atoms with van der Waals surface area (Å²) >= 11 is 0. The van der Waals surface area contributed by atoms with Crippen molar-refractivity contribution in [3.63, 3.8) is 0 Å². The second-order valence-electron chi connectivity index (χ2n) is 14.3. The number of fused-ring (bicyclic) bond motifs is 10. The molecule has 9 aromatic rings. The molecule has 3 heteroatoms. The van der Waals surface area contributed by atoms with Crippen LogP contribution in [0.2, 0.25) is 0 Å². The van der Waals surface area contributed by atoms with Crippen LogP contribution in [0.5, 0.6) is 0 Å². The maximum absolute atomic E-state index is 5.01. The topological polar surface area (TPSA) is 38.7 Å². The maximum atomic E-state index is 5.01. The van der Waals surface area contributed by atoms with Crippen molar-refractivity contribution < 1.29 is 0 Å². The number of benzene rings is 6. The molecule has 55 heavy (non-hydrogen) atoms. The summed E-state index contributed by atoms with van der Waals surface area (Å²) in [7, 11) is 0. The van der Waals surface area contributed by atoms with Gasteiger partial charge in [0.05, 0.1) is 28.2 Å². The first-order valence-corrected chi connectivity index (χ1v) is 18.8. The highest BCUT2D eigenvalue weighted by molar-refractivity contribution is 5.97. The van der Waals surface area contributed by atoms with Crippen LogP contribution in [0.4, 0.5) is 0 Å². The van der Waals surface area contributed by atoms with Crippen molar-refractivity contribution >= 4 is 0 Å². The molecule has 0 saturated heterocycles. The molecule has 3 aromatic heterocycles. The predicted molar refractivity (Wildman–Crippen MR) is 223 cm³/mol. The summed E-state index contributed by atoms with van der Waals surface area (Å²) in [5.74, 6) is 0. The van der Waals surface area contributed by atoms with Gasteiger partial charge in [-0.05, 0) is 126 Å². The Morgan fingerprint density at radius 2 is 0.727 bits per heavy atom. The molecule has 0 unspecified atom stereocenters. The van der Waals surface area contributed by atoms with E-state index in [1.807, 2.05) is 48.8 Å². The minimum Gasteiger partial charge on any atom is -0.255 e.